The summed E-state index contributed by atoms with van der Waals surface area (Å²) in [6.07, 6.45) is 16.3. The van der Waals surface area contributed by atoms with E-state index in [1.54, 1.807) is 14.1 Å². The van der Waals surface area contributed by atoms with Gasteiger partial charge in [-0.2, -0.15) is 0 Å². The van der Waals surface area contributed by atoms with Gasteiger partial charge in [-0.1, -0.05) is 71.4 Å². The smallest absolute Gasteiger partial charge is 0.243 e. The van der Waals surface area contributed by atoms with Crippen molar-refractivity contribution in [2.45, 2.75) is 116 Å². The summed E-state index contributed by atoms with van der Waals surface area (Å²) >= 11 is 0. The van der Waals surface area contributed by atoms with Gasteiger partial charge >= 0.3 is 0 Å². The van der Waals surface area contributed by atoms with E-state index in [1.165, 1.54) is 24.2 Å². The van der Waals surface area contributed by atoms with Crippen LogP contribution in [-0.4, -0.2) is 55.1 Å². The summed E-state index contributed by atoms with van der Waals surface area (Å²) in [5.74, 6) is -0.769. The van der Waals surface area contributed by atoms with Gasteiger partial charge in [-0.15, -0.1) is 0 Å². The van der Waals surface area contributed by atoms with Crippen LogP contribution in [0.2, 0.25) is 0 Å². The van der Waals surface area contributed by atoms with E-state index < -0.39 is 18.0 Å². The molecule has 0 spiro atoms. The molecule has 0 aromatic rings. The van der Waals surface area contributed by atoms with Crippen molar-refractivity contribution in [3.05, 3.63) is 12.2 Å². The zero-order valence-electron chi connectivity index (χ0n) is 23.4. The first-order valence-electron chi connectivity index (χ1n) is 14.1. The molecule has 1 rings (SSSR count). The first-order valence-corrected chi connectivity index (χ1v) is 14.1. The van der Waals surface area contributed by atoms with Crippen molar-refractivity contribution in [1.82, 2.24) is 15.5 Å². The maximum atomic E-state index is 13.3. The average molecular weight is 506 g/mol. The second-order valence-corrected chi connectivity index (χ2v) is 11.0. The minimum Gasteiger partial charge on any atom is -0.349 e. The fourth-order valence-electron chi connectivity index (χ4n) is 4.83. The zero-order valence-corrected chi connectivity index (χ0v) is 23.4. The molecule has 0 aliphatic carbocycles. The van der Waals surface area contributed by atoms with Crippen LogP contribution >= 0.6 is 0 Å². The summed E-state index contributed by atoms with van der Waals surface area (Å²) in [5.41, 5.74) is 0. The normalized spacial score (nSPS) is 25.6. The summed E-state index contributed by atoms with van der Waals surface area (Å²) < 4.78 is 0. The molecule has 7 nitrogen and oxygen atoms in total. The van der Waals surface area contributed by atoms with Gasteiger partial charge in [0.15, 0.2) is 0 Å². The van der Waals surface area contributed by atoms with Gasteiger partial charge in [-0.05, 0) is 50.9 Å². The molecular formula is C29H51N3O4. The Morgan fingerprint density at radius 3 is 2.42 bits per heavy atom. The maximum absolute atomic E-state index is 13.3. The lowest BCUT2D eigenvalue weighted by molar-refractivity contribution is -0.134. The summed E-state index contributed by atoms with van der Waals surface area (Å²) in [5, 5.41) is 5.84. The van der Waals surface area contributed by atoms with Gasteiger partial charge in [0.1, 0.15) is 12.3 Å². The van der Waals surface area contributed by atoms with Crippen LogP contribution in [-0.2, 0) is 19.2 Å². The zero-order chi connectivity index (χ0) is 26.9. The van der Waals surface area contributed by atoms with Gasteiger partial charge in [0.2, 0.25) is 17.7 Å². The van der Waals surface area contributed by atoms with Crippen molar-refractivity contribution < 1.29 is 19.2 Å². The van der Waals surface area contributed by atoms with Crippen LogP contribution in [0.4, 0.5) is 0 Å². The molecule has 0 saturated carbocycles. The standard InChI is InChI=1S/C29H51N3O4/c1-6-7-8-10-13-16-23-17-14-11-9-12-15-18-24(29(36)32(4)5)20-25(21-33)30-28(35)26(19-22(2)3)31-27(23)34/h12,15,21-26H,6-11,13-14,16-20H2,1-5H3,(H,30,35)(H,31,34)/b15-12+/t23?,24?,25-,26+/m1/s1. The molecule has 36 heavy (non-hydrogen) atoms. The Balaban J connectivity index is 3.07. The number of carbonyl (C=O) groups excluding carboxylic acids is 4. The van der Waals surface area contributed by atoms with Crippen molar-refractivity contribution in [3.63, 3.8) is 0 Å². The van der Waals surface area contributed by atoms with Crippen molar-refractivity contribution in [1.29, 1.82) is 0 Å². The minimum absolute atomic E-state index is 0.0581. The molecule has 0 bridgehead atoms. The van der Waals surface area contributed by atoms with Gasteiger partial charge in [-0.3, -0.25) is 14.4 Å². The largest absolute Gasteiger partial charge is 0.349 e. The Morgan fingerprint density at radius 2 is 1.78 bits per heavy atom. The maximum Gasteiger partial charge on any atom is 0.243 e. The van der Waals surface area contributed by atoms with Crippen LogP contribution in [0.1, 0.15) is 104 Å². The first-order chi connectivity index (χ1) is 17.2. The molecule has 0 aromatic heterocycles. The number of hydrogen-bond donors (Lipinski definition) is 2. The Hall–Kier alpha value is -2.18. The monoisotopic (exact) mass is 505 g/mol. The number of aldehydes is 1. The third-order valence-corrected chi connectivity index (χ3v) is 6.95. The highest BCUT2D eigenvalue weighted by atomic mass is 16.2. The molecule has 1 aliphatic heterocycles. The fourth-order valence-corrected chi connectivity index (χ4v) is 4.83. The number of rotatable bonds is 10. The van der Waals surface area contributed by atoms with E-state index in [9.17, 15) is 19.2 Å². The molecule has 206 valence electrons. The highest BCUT2D eigenvalue weighted by Crippen LogP contribution is 2.21. The van der Waals surface area contributed by atoms with Crippen LogP contribution < -0.4 is 10.6 Å². The van der Waals surface area contributed by atoms with Crippen molar-refractivity contribution in [2.75, 3.05) is 14.1 Å². The van der Waals surface area contributed by atoms with Crippen molar-refractivity contribution in [2.24, 2.45) is 17.8 Å². The molecule has 3 amide bonds. The van der Waals surface area contributed by atoms with Crippen molar-refractivity contribution in [3.8, 4) is 0 Å². The summed E-state index contributed by atoms with van der Waals surface area (Å²) in [4.78, 5) is 52.7. The van der Waals surface area contributed by atoms with Crippen LogP contribution in [0, 0.1) is 17.8 Å². The summed E-state index contributed by atoms with van der Waals surface area (Å²) in [7, 11) is 3.40. The molecular weight excluding hydrogens is 454 g/mol. The van der Waals surface area contributed by atoms with E-state index in [0.717, 1.165) is 44.9 Å². The van der Waals surface area contributed by atoms with E-state index >= 15 is 0 Å². The van der Waals surface area contributed by atoms with Crippen LogP contribution in [0.15, 0.2) is 12.2 Å². The lowest BCUT2D eigenvalue weighted by Gasteiger charge is -2.27. The number of allylic oxidation sites excluding steroid dienone is 2. The minimum atomic E-state index is -0.784. The summed E-state index contributed by atoms with van der Waals surface area (Å²) in [6, 6.07) is -1.48. The van der Waals surface area contributed by atoms with Gasteiger partial charge in [-0.25, -0.2) is 0 Å². The first kappa shape index (κ1) is 31.8. The number of nitrogens with zero attached hydrogens (tertiary/aromatic N) is 1. The number of carbonyl (C=O) groups is 4. The van der Waals surface area contributed by atoms with E-state index in [4.69, 9.17) is 0 Å². The molecule has 7 heteroatoms. The van der Waals surface area contributed by atoms with Gasteiger partial charge in [0.25, 0.3) is 0 Å². The molecule has 0 radical (unpaired) electrons. The third-order valence-electron chi connectivity index (χ3n) is 6.95. The highest BCUT2D eigenvalue weighted by Gasteiger charge is 2.29. The lowest BCUT2D eigenvalue weighted by atomic mass is 9.92. The lowest BCUT2D eigenvalue weighted by Crippen LogP contribution is -2.52. The van der Waals surface area contributed by atoms with E-state index in [1.807, 2.05) is 19.9 Å². The van der Waals surface area contributed by atoms with E-state index in [-0.39, 0.29) is 36.0 Å². The van der Waals surface area contributed by atoms with Crippen LogP contribution in [0.5, 0.6) is 0 Å². The quantitative estimate of drug-likeness (QED) is 0.253. The molecule has 1 heterocycles. The topological polar surface area (TPSA) is 95.6 Å². The number of hydrogen-bond acceptors (Lipinski definition) is 4. The Labute approximate surface area is 219 Å². The van der Waals surface area contributed by atoms with E-state index in [0.29, 0.717) is 19.1 Å². The SMILES string of the molecule is CCCCCCCC1CCCC/C=C/CC(C(=O)N(C)C)C[C@H](C=O)NC(=O)[C@H](CC(C)C)NC1=O. The molecule has 2 N–H and O–H groups in total. The molecule has 0 aromatic carbocycles. The predicted molar refractivity (Wildman–Crippen MR) is 145 cm³/mol. The van der Waals surface area contributed by atoms with Crippen LogP contribution in [0.25, 0.3) is 0 Å². The van der Waals surface area contributed by atoms with E-state index in [2.05, 4.69) is 23.6 Å². The van der Waals surface area contributed by atoms with Gasteiger partial charge < -0.3 is 20.3 Å². The average Bonchev–Trinajstić information content (AvgIpc) is 2.83. The Kier molecular flexibility index (Phi) is 16.0. The second kappa shape index (κ2) is 18.1. The number of nitrogens with one attached hydrogen (secondary N) is 2. The number of amides is 3. The van der Waals surface area contributed by atoms with Gasteiger partial charge in [0.05, 0.1) is 6.04 Å². The third kappa shape index (κ3) is 12.7. The molecule has 1 aliphatic rings. The molecule has 4 atom stereocenters. The molecule has 0 fully saturated rings. The van der Waals surface area contributed by atoms with Crippen LogP contribution in [0.3, 0.4) is 0 Å². The molecule has 0 saturated heterocycles. The Bertz CT molecular complexity index is 705. The van der Waals surface area contributed by atoms with Crippen molar-refractivity contribution >= 4 is 24.0 Å². The summed E-state index contributed by atoms with van der Waals surface area (Å²) in [6.45, 7) is 6.22. The fraction of sp³-hybridized carbons (Fsp3) is 0.793. The predicted octanol–water partition coefficient (Wildman–Crippen LogP) is 4.79. The highest BCUT2D eigenvalue weighted by molar-refractivity contribution is 5.90. The second-order valence-electron chi connectivity index (χ2n) is 11.0. The Morgan fingerprint density at radius 1 is 1.06 bits per heavy atom. The molecule has 2 unspecified atom stereocenters. The van der Waals surface area contributed by atoms with Gasteiger partial charge in [0, 0.05) is 25.9 Å². The number of unbranched alkanes of at least 4 members (excludes halogenated alkanes) is 4.